The average molecular weight is 296 g/mol. The number of hydrogen-bond donors (Lipinski definition) is 1. The molecule has 3 heteroatoms. The standard InChI is InChI=1S/C18H36N2O/c1-4-7-15-9-10-17(19-5-2)18(12-15)20(3)13-16-8-6-11-21-14-16/h15-19H,4-14H2,1-3H3. The van der Waals surface area contributed by atoms with E-state index in [0.717, 1.165) is 37.6 Å². The average Bonchev–Trinajstić information content (AvgIpc) is 2.50. The molecule has 21 heavy (non-hydrogen) atoms. The third-order valence-electron chi connectivity index (χ3n) is 5.46. The van der Waals surface area contributed by atoms with Gasteiger partial charge >= 0.3 is 0 Å². The molecule has 1 heterocycles. The van der Waals surface area contributed by atoms with Crippen molar-refractivity contribution < 1.29 is 4.74 Å². The summed E-state index contributed by atoms with van der Waals surface area (Å²) in [5.74, 6) is 1.69. The number of nitrogens with zero attached hydrogens (tertiary/aromatic N) is 1. The Morgan fingerprint density at radius 3 is 2.67 bits per heavy atom. The van der Waals surface area contributed by atoms with Crippen LogP contribution in [0, 0.1) is 11.8 Å². The lowest BCUT2D eigenvalue weighted by Gasteiger charge is -2.43. The Labute approximate surface area is 131 Å². The number of hydrogen-bond acceptors (Lipinski definition) is 3. The molecular weight excluding hydrogens is 260 g/mol. The van der Waals surface area contributed by atoms with Gasteiger partial charge in [-0.1, -0.05) is 26.7 Å². The maximum Gasteiger partial charge on any atom is 0.0506 e. The minimum atomic E-state index is 0.692. The molecule has 2 fully saturated rings. The second-order valence-electron chi connectivity index (χ2n) is 7.22. The van der Waals surface area contributed by atoms with E-state index in [1.807, 2.05) is 0 Å². The second-order valence-corrected chi connectivity index (χ2v) is 7.22. The van der Waals surface area contributed by atoms with E-state index in [1.165, 1.54) is 51.5 Å². The van der Waals surface area contributed by atoms with Gasteiger partial charge in [-0.25, -0.2) is 0 Å². The van der Waals surface area contributed by atoms with Crippen LogP contribution in [-0.4, -0.2) is 50.3 Å². The van der Waals surface area contributed by atoms with Crippen molar-refractivity contribution in [2.45, 2.75) is 70.9 Å². The summed E-state index contributed by atoms with van der Waals surface area (Å²) in [6.45, 7) is 8.83. The van der Waals surface area contributed by atoms with Crippen molar-refractivity contribution in [3.05, 3.63) is 0 Å². The minimum Gasteiger partial charge on any atom is -0.381 e. The van der Waals surface area contributed by atoms with Gasteiger partial charge in [0.1, 0.15) is 0 Å². The highest BCUT2D eigenvalue weighted by molar-refractivity contribution is 4.90. The van der Waals surface area contributed by atoms with E-state index < -0.39 is 0 Å². The van der Waals surface area contributed by atoms with Gasteiger partial charge in [-0.2, -0.15) is 0 Å². The van der Waals surface area contributed by atoms with Gasteiger partial charge in [-0.3, -0.25) is 0 Å². The van der Waals surface area contributed by atoms with Gasteiger partial charge in [0, 0.05) is 25.2 Å². The summed E-state index contributed by atoms with van der Waals surface area (Å²) in [6.07, 6.45) is 9.51. The SMILES string of the molecule is CCCC1CCC(NCC)C(N(C)CC2CCCOC2)C1. The van der Waals surface area contributed by atoms with Gasteiger partial charge in [-0.15, -0.1) is 0 Å². The van der Waals surface area contributed by atoms with E-state index in [1.54, 1.807) is 0 Å². The lowest BCUT2D eigenvalue weighted by Crippen LogP contribution is -2.53. The maximum atomic E-state index is 5.66. The Kier molecular flexibility index (Phi) is 7.48. The van der Waals surface area contributed by atoms with Gasteiger partial charge in [0.05, 0.1) is 6.61 Å². The Bertz CT molecular complexity index is 278. The summed E-state index contributed by atoms with van der Waals surface area (Å²) in [5, 5.41) is 3.74. The van der Waals surface area contributed by atoms with Crippen LogP contribution in [0.5, 0.6) is 0 Å². The zero-order valence-corrected chi connectivity index (χ0v) is 14.4. The first-order valence-electron chi connectivity index (χ1n) is 9.25. The van der Waals surface area contributed by atoms with E-state index in [0.29, 0.717) is 6.04 Å². The maximum absolute atomic E-state index is 5.66. The van der Waals surface area contributed by atoms with Crippen molar-refractivity contribution in [1.82, 2.24) is 10.2 Å². The number of ether oxygens (including phenoxy) is 1. The summed E-state index contributed by atoms with van der Waals surface area (Å²) in [4.78, 5) is 2.65. The Morgan fingerprint density at radius 1 is 1.14 bits per heavy atom. The van der Waals surface area contributed by atoms with Crippen molar-refractivity contribution in [2.75, 3.05) is 33.4 Å². The fourth-order valence-electron chi connectivity index (χ4n) is 4.38. The van der Waals surface area contributed by atoms with Crippen LogP contribution in [-0.2, 0) is 4.74 Å². The fraction of sp³-hybridized carbons (Fsp3) is 1.00. The van der Waals surface area contributed by atoms with Crippen LogP contribution in [0.1, 0.15) is 58.8 Å². The molecule has 3 nitrogen and oxygen atoms in total. The van der Waals surface area contributed by atoms with Gasteiger partial charge in [0.25, 0.3) is 0 Å². The van der Waals surface area contributed by atoms with Crippen LogP contribution in [0.2, 0.25) is 0 Å². The molecule has 0 aromatic heterocycles. The van der Waals surface area contributed by atoms with Crippen LogP contribution in [0.15, 0.2) is 0 Å². The quantitative estimate of drug-likeness (QED) is 0.780. The van der Waals surface area contributed by atoms with Gasteiger partial charge in [0.2, 0.25) is 0 Å². The molecule has 2 rings (SSSR count). The molecule has 124 valence electrons. The summed E-state index contributed by atoms with van der Waals surface area (Å²) in [6, 6.07) is 1.41. The van der Waals surface area contributed by atoms with Crippen LogP contribution in [0.4, 0.5) is 0 Å². The van der Waals surface area contributed by atoms with E-state index in [2.05, 4.69) is 31.1 Å². The highest BCUT2D eigenvalue weighted by atomic mass is 16.5. The monoisotopic (exact) mass is 296 g/mol. The van der Waals surface area contributed by atoms with E-state index in [-0.39, 0.29) is 0 Å². The molecule has 0 spiro atoms. The van der Waals surface area contributed by atoms with Gasteiger partial charge in [0.15, 0.2) is 0 Å². The molecule has 0 aromatic rings. The second kappa shape index (κ2) is 9.12. The molecule has 1 saturated heterocycles. The van der Waals surface area contributed by atoms with E-state index >= 15 is 0 Å². The molecule has 1 aliphatic heterocycles. The first kappa shape index (κ1) is 17.2. The Balaban J connectivity index is 1.89. The molecule has 1 saturated carbocycles. The molecule has 2 aliphatic rings. The third-order valence-corrected chi connectivity index (χ3v) is 5.46. The van der Waals surface area contributed by atoms with Crippen molar-refractivity contribution in [1.29, 1.82) is 0 Å². The Morgan fingerprint density at radius 2 is 2.00 bits per heavy atom. The molecular formula is C18H36N2O. The highest BCUT2D eigenvalue weighted by Crippen LogP contribution is 2.31. The summed E-state index contributed by atoms with van der Waals surface area (Å²) in [7, 11) is 2.35. The van der Waals surface area contributed by atoms with Crippen molar-refractivity contribution in [3.63, 3.8) is 0 Å². The topological polar surface area (TPSA) is 24.5 Å². The summed E-state index contributed by atoms with van der Waals surface area (Å²) in [5.41, 5.74) is 0. The minimum absolute atomic E-state index is 0.692. The van der Waals surface area contributed by atoms with Crippen molar-refractivity contribution >= 4 is 0 Å². The van der Waals surface area contributed by atoms with Gasteiger partial charge < -0.3 is 15.0 Å². The van der Waals surface area contributed by atoms with Crippen molar-refractivity contribution in [3.8, 4) is 0 Å². The predicted octanol–water partition coefficient (Wildman–Crippen LogP) is 3.29. The van der Waals surface area contributed by atoms with Crippen LogP contribution in [0.3, 0.4) is 0 Å². The normalized spacial score (nSPS) is 34.3. The molecule has 1 N–H and O–H groups in total. The largest absolute Gasteiger partial charge is 0.381 e. The zero-order chi connectivity index (χ0) is 15.1. The molecule has 0 radical (unpaired) electrons. The molecule has 0 amide bonds. The van der Waals surface area contributed by atoms with Gasteiger partial charge in [-0.05, 0) is 57.5 Å². The molecule has 1 aliphatic carbocycles. The van der Waals surface area contributed by atoms with Crippen LogP contribution >= 0.6 is 0 Å². The fourth-order valence-corrected chi connectivity index (χ4v) is 4.38. The predicted molar refractivity (Wildman–Crippen MR) is 89.7 cm³/mol. The molecule has 4 atom stereocenters. The van der Waals surface area contributed by atoms with Crippen LogP contribution < -0.4 is 5.32 Å². The number of rotatable bonds is 7. The van der Waals surface area contributed by atoms with E-state index in [9.17, 15) is 0 Å². The van der Waals surface area contributed by atoms with Crippen molar-refractivity contribution in [2.24, 2.45) is 11.8 Å². The summed E-state index contributed by atoms with van der Waals surface area (Å²) >= 11 is 0. The summed E-state index contributed by atoms with van der Waals surface area (Å²) < 4.78 is 5.66. The van der Waals surface area contributed by atoms with E-state index in [4.69, 9.17) is 4.74 Å². The molecule has 4 unspecified atom stereocenters. The molecule has 0 aromatic carbocycles. The number of likely N-dealkylation sites (N-methyl/N-ethyl adjacent to an activating group) is 2. The lowest BCUT2D eigenvalue weighted by atomic mass is 9.79. The lowest BCUT2D eigenvalue weighted by molar-refractivity contribution is 0.0252. The Hall–Kier alpha value is -0.120. The smallest absolute Gasteiger partial charge is 0.0506 e. The number of nitrogens with one attached hydrogen (secondary N) is 1. The third kappa shape index (κ3) is 5.22. The first-order valence-corrected chi connectivity index (χ1v) is 9.25. The van der Waals surface area contributed by atoms with Crippen LogP contribution in [0.25, 0.3) is 0 Å². The first-order chi connectivity index (χ1) is 10.2. The molecule has 0 bridgehead atoms. The zero-order valence-electron chi connectivity index (χ0n) is 14.4. The highest BCUT2D eigenvalue weighted by Gasteiger charge is 2.33.